The summed E-state index contributed by atoms with van der Waals surface area (Å²) < 4.78 is 91.2. The Bertz CT molecular complexity index is 5060. The summed E-state index contributed by atoms with van der Waals surface area (Å²) in [4.78, 5) is 181. The van der Waals surface area contributed by atoms with E-state index < -0.39 is 113 Å². The van der Waals surface area contributed by atoms with Crippen molar-refractivity contribution in [3.05, 3.63) is 203 Å². The number of esters is 2. The average molecular weight is 1930 g/mol. The number of pyridine rings is 6. The van der Waals surface area contributed by atoms with Crippen LogP contribution in [0.1, 0.15) is 207 Å². The van der Waals surface area contributed by atoms with Crippen LogP contribution in [0.25, 0.3) is 11.1 Å². The minimum absolute atomic E-state index is 0. The number of aromatic nitrogens is 6. The van der Waals surface area contributed by atoms with Crippen LogP contribution in [0.4, 0.5) is 46.9 Å². The Balaban J connectivity index is 0.000000511. The number of likely N-dealkylation sites (N-methyl/N-ethyl adjacent to an activating group) is 2. The van der Waals surface area contributed by atoms with Crippen molar-refractivity contribution in [2.45, 2.75) is 208 Å². The van der Waals surface area contributed by atoms with Crippen molar-refractivity contribution in [3.8, 4) is 0 Å². The number of aliphatic hydroxyl groups excluding tert-OH is 1. The lowest BCUT2D eigenvalue weighted by Gasteiger charge is -2.28. The number of nitrogen functional groups attached to an aromatic ring is 1. The van der Waals surface area contributed by atoms with Crippen LogP contribution in [0.5, 0.6) is 0 Å². The minimum atomic E-state index is -1.58. The number of cyclic esters (lactones) is 2. The number of carbonyl (C=O) groups excluding carboxylic acids is 13. The van der Waals surface area contributed by atoms with E-state index in [1.807, 2.05) is 20.0 Å². The zero-order chi connectivity index (χ0) is 101. The van der Waals surface area contributed by atoms with Crippen LogP contribution in [0.3, 0.4) is 0 Å². The number of rotatable bonds is 8. The SMILES string of the molecule is CC(C)(C)OC(=O)N1CC(O)=CC1=O.CC(C)(C)OC(=O)N1CC(c2ccc(F)nc2)=CC1=O.CC(C)OC(=O)Cl.CC1(C)OC(=O)CC(=O)O1.CC1=CC(=O)N(C(=O)OC(C)(C)C)C1.CCC(=O)O.CN1CC(c2ccc(F)nc2)CC1=O.CN1CC(c2ccc(N)nc2)CC1=O.N.O.O=C1C=C(c2ccc(F)nc2)CC1.O=C1CCC(c2ccc(F)nc2)C1.OB(O)c1ccc(F)nc1. The van der Waals surface area contributed by atoms with Gasteiger partial charge in [0, 0.05) is 164 Å². The van der Waals surface area contributed by atoms with Gasteiger partial charge in [0.25, 0.3) is 23.5 Å². The van der Waals surface area contributed by atoms with E-state index in [0.717, 1.165) is 85.8 Å². The second kappa shape index (κ2) is 55.2. The van der Waals surface area contributed by atoms with Gasteiger partial charge in [0.15, 0.2) is 5.78 Å². The predicted molar refractivity (Wildman–Crippen MR) is 484 cm³/mol. The third-order valence-corrected chi connectivity index (χ3v) is 18.3. The van der Waals surface area contributed by atoms with Gasteiger partial charge >= 0.3 is 48.7 Å². The maximum absolute atomic E-state index is 12.8. The molecular weight excluding hydrogens is 1820 g/mol. The maximum atomic E-state index is 12.8. The summed E-state index contributed by atoms with van der Waals surface area (Å²) in [7, 11) is 2.03. The van der Waals surface area contributed by atoms with Crippen LogP contribution in [0.15, 0.2) is 146 Å². The van der Waals surface area contributed by atoms with Gasteiger partial charge in [-0.05, 0) is 201 Å². The van der Waals surface area contributed by atoms with E-state index in [4.69, 9.17) is 51.8 Å². The number of nitrogens with zero attached hydrogens (tertiary/aromatic N) is 11. The van der Waals surface area contributed by atoms with Gasteiger partial charge in [-0.1, -0.05) is 31.2 Å². The molecule has 8 aliphatic rings. The fourth-order valence-corrected chi connectivity index (χ4v) is 12.1. The van der Waals surface area contributed by atoms with E-state index >= 15 is 0 Å². The molecule has 0 spiro atoms. The molecule has 2 aliphatic carbocycles. The average Bonchev–Trinajstić information content (AvgIpc) is 1.68. The van der Waals surface area contributed by atoms with E-state index in [9.17, 15) is 89.1 Å². The number of ether oxygens (including phenoxy) is 6. The number of hydrogen-bond acceptors (Lipinski definition) is 31. The van der Waals surface area contributed by atoms with Crippen LogP contribution >= 0.6 is 11.6 Å². The number of aliphatic carboxylic acids is 1. The van der Waals surface area contributed by atoms with Gasteiger partial charge < -0.3 is 75.8 Å². The van der Waals surface area contributed by atoms with Crippen molar-refractivity contribution in [2.75, 3.05) is 52.6 Å². The molecule has 1 saturated carbocycles. The van der Waals surface area contributed by atoms with Crippen molar-refractivity contribution in [3.63, 3.8) is 0 Å². The molecule has 38 nitrogen and oxygen atoms in total. The molecule has 0 aromatic carbocycles. The summed E-state index contributed by atoms with van der Waals surface area (Å²) in [5, 5.41) is 33.7. The highest BCUT2D eigenvalue weighted by Crippen LogP contribution is 2.33. The first-order valence-corrected chi connectivity index (χ1v) is 42.0. The van der Waals surface area contributed by atoms with Gasteiger partial charge in [-0.25, -0.2) is 63.8 Å². The molecule has 14 rings (SSSR count). The number of Topliss-reactive ketones (excluding diaryl/α,β-unsaturated/α-hetero) is 1. The summed E-state index contributed by atoms with van der Waals surface area (Å²) in [6, 6.07) is 17.8. The lowest BCUT2D eigenvalue weighted by atomic mass is 9.82. The van der Waals surface area contributed by atoms with Gasteiger partial charge in [0.05, 0.1) is 25.7 Å². The number of aliphatic hydroxyl groups is 1. The zero-order valence-corrected chi connectivity index (χ0v) is 79.2. The lowest BCUT2D eigenvalue weighted by Crippen LogP contribution is -2.39. The largest absolute Gasteiger partial charge is 0.510 e. The fourth-order valence-electron chi connectivity index (χ4n) is 11.9. The van der Waals surface area contributed by atoms with Gasteiger partial charge in [-0.15, -0.1) is 0 Å². The fraction of sp³-hybridized carbons (Fsp3) is 0.429. The number of hydrogen-bond donors (Lipinski definition) is 6. The van der Waals surface area contributed by atoms with E-state index in [-0.39, 0.29) is 96.1 Å². The molecule has 3 atom stereocenters. The number of carbonyl (C=O) groups is 14. The minimum Gasteiger partial charge on any atom is -0.510 e. The molecule has 3 saturated heterocycles. The third-order valence-electron chi connectivity index (χ3n) is 18.2. The predicted octanol–water partition coefficient (Wildman–Crippen LogP) is 11.8. The normalized spacial score (nSPS) is 17.0. The summed E-state index contributed by atoms with van der Waals surface area (Å²) >= 11 is 4.81. The van der Waals surface area contributed by atoms with Crippen LogP contribution in [-0.4, -0.2) is 245 Å². The standard InChI is InChI=1S/C14H15FN2O3.C10H11FN2O.C10H10FNO.C10H8FNO.C10H13N3O.C10H15NO3.C9H13NO4.C6H8O4.C5H5BFNO2.C4H7ClO2.C3H6O2.H3N.H2O/c1-14(2,3)20-13(19)17-8-10(6-12(17)18)9-4-5-11(15)16-7-9;1-13-6-8(4-10(13)14)7-2-3-9(11)12-5-7;2*11-10-4-2-8(6-12-10)7-1-3-9(13)5-7;1-13-6-8(4-10(13)14)7-2-3-9(11)12-5-7;1-7-5-8(12)11(6-7)9(13)14-10(2,3)4;1-9(2,3)14-8(13)10-5-6(11)4-7(10)12;1-6(2)9-4(7)3-5(8)10-6;7-5-2-1-4(3-8-5)6(9)10;1-3(2)7-4(5)6;1-2-3(4)5;;/h4-7H,8H2,1-3H3;2-3,5,8H,4,6H2,1H3;2,4,6-7H,1,3,5H2;2,4-6H,1,3H2;2-3,5,8H,4,6H2,1H3,(H2,11,12);5H,6H2,1-4H3;4,11H,5H2,1-3H3;3H2,1-2H3;1-3,9-10H;3H,1-2H3;2H2,1H3,(H,4,5);1H3;1H2. The van der Waals surface area contributed by atoms with Crippen molar-refractivity contribution in [1.29, 1.82) is 0 Å². The van der Waals surface area contributed by atoms with E-state index in [1.54, 1.807) is 136 Å². The molecule has 45 heteroatoms. The summed E-state index contributed by atoms with van der Waals surface area (Å²) in [6.07, 6.45) is 16.4. The van der Waals surface area contributed by atoms with Crippen molar-refractivity contribution in [1.82, 2.24) is 60.6 Å². The first-order chi connectivity index (χ1) is 62.3. The van der Waals surface area contributed by atoms with Crippen LogP contribution in [0.2, 0.25) is 0 Å². The molecule has 6 aromatic heterocycles. The van der Waals surface area contributed by atoms with Gasteiger partial charge in [-0.2, -0.15) is 22.0 Å². The van der Waals surface area contributed by atoms with E-state index in [0.29, 0.717) is 67.9 Å². The molecule has 12 heterocycles. The number of allylic oxidation sites excluding steroid dienone is 2. The van der Waals surface area contributed by atoms with Crippen molar-refractivity contribution >= 4 is 124 Å². The van der Waals surface area contributed by atoms with E-state index in [1.165, 1.54) is 87.2 Å². The molecule has 6 aliphatic heterocycles. The van der Waals surface area contributed by atoms with Gasteiger partial charge in [-0.3, -0.25) is 47.9 Å². The zero-order valence-electron chi connectivity index (χ0n) is 78.4. The van der Waals surface area contributed by atoms with Crippen LogP contribution in [0, 0.1) is 29.7 Å². The van der Waals surface area contributed by atoms with Gasteiger partial charge in [0.1, 0.15) is 40.6 Å². The quantitative estimate of drug-likeness (QED) is 0.0157. The summed E-state index contributed by atoms with van der Waals surface area (Å²) in [5.74, 6) is -4.94. The number of likely N-dealkylation sites (tertiary alicyclic amines) is 2. The summed E-state index contributed by atoms with van der Waals surface area (Å²) in [6.45, 7) is 27.3. The molecule has 0 radical (unpaired) electrons. The van der Waals surface area contributed by atoms with Crippen molar-refractivity contribution in [2.24, 2.45) is 0 Å². The molecule has 4 fully saturated rings. The van der Waals surface area contributed by atoms with Crippen LogP contribution < -0.4 is 17.3 Å². The Morgan fingerprint density at radius 3 is 1.22 bits per heavy atom. The first-order valence-electron chi connectivity index (χ1n) is 41.6. The Kier molecular flexibility index (Phi) is 48.0. The smallest absolute Gasteiger partial charge is 0.490 e. The lowest BCUT2D eigenvalue weighted by molar-refractivity contribution is -0.231. The monoisotopic (exact) mass is 1930 g/mol. The molecular formula is C91H116BClF5N13O25. The highest BCUT2D eigenvalue weighted by molar-refractivity contribution is 6.61. The van der Waals surface area contributed by atoms with Gasteiger partial charge in [0.2, 0.25) is 41.6 Å². The highest BCUT2D eigenvalue weighted by atomic mass is 35.5. The second-order valence-corrected chi connectivity index (χ2v) is 34.3. The highest BCUT2D eigenvalue weighted by Gasteiger charge is 2.37. The Morgan fingerprint density at radius 1 is 0.537 bits per heavy atom. The molecule has 136 heavy (non-hydrogen) atoms. The number of nitrogens with two attached hydrogens (primary N) is 1. The van der Waals surface area contributed by atoms with Crippen LogP contribution in [-0.2, 0) is 76.4 Å². The molecule has 8 amide bonds. The second-order valence-electron chi connectivity index (χ2n) is 34.0. The van der Waals surface area contributed by atoms with Crippen molar-refractivity contribution < 1.29 is 143 Å². The Morgan fingerprint density at radius 2 is 0.926 bits per heavy atom. The van der Waals surface area contributed by atoms with E-state index in [2.05, 4.69) is 44.1 Å². The Labute approximate surface area is 787 Å². The molecule has 11 N–H and O–H groups in total. The molecule has 6 aromatic rings. The molecule has 3 unspecified atom stereocenters. The third kappa shape index (κ3) is 44.9. The Hall–Kier alpha value is -13.7. The number of ketones is 2. The summed E-state index contributed by atoms with van der Waals surface area (Å²) in [5.41, 5.74) is 9.95. The number of anilines is 1. The number of imide groups is 3. The number of carboxylic acids is 1. The topological polar surface area (TPSA) is 561 Å². The number of halogens is 6. The molecule has 740 valence electrons. The maximum Gasteiger partial charge on any atom is 0.490 e. The number of carboxylic acid groups (broad SMARTS) is 1. The molecule has 0 bridgehead atoms. The first kappa shape index (κ1) is 118. The number of amides is 8.